The Morgan fingerprint density at radius 1 is 1.00 bits per heavy atom. The van der Waals surface area contributed by atoms with E-state index in [0.29, 0.717) is 34.1 Å². The van der Waals surface area contributed by atoms with Crippen molar-refractivity contribution in [3.63, 3.8) is 0 Å². The second-order valence-corrected chi connectivity index (χ2v) is 8.13. The number of anilines is 1. The van der Waals surface area contributed by atoms with Crippen LogP contribution in [-0.2, 0) is 7.05 Å². The Balaban J connectivity index is 1.55. The van der Waals surface area contributed by atoms with Gasteiger partial charge >= 0.3 is 0 Å². The van der Waals surface area contributed by atoms with Crippen LogP contribution in [0.4, 0.5) is 10.1 Å². The molecule has 5 rings (SSSR count). The van der Waals surface area contributed by atoms with E-state index in [0.717, 1.165) is 31.9 Å². The highest BCUT2D eigenvalue weighted by atomic mass is 19.1. The molecule has 2 saturated heterocycles. The van der Waals surface area contributed by atoms with E-state index >= 15 is 0 Å². The zero-order valence-corrected chi connectivity index (χ0v) is 16.1. The van der Waals surface area contributed by atoms with Crippen LogP contribution >= 0.6 is 0 Å². The van der Waals surface area contributed by atoms with Gasteiger partial charge in [-0.2, -0.15) is 0 Å². The second-order valence-electron chi connectivity index (χ2n) is 8.13. The molecule has 0 aliphatic carbocycles. The molecule has 3 heterocycles. The lowest BCUT2D eigenvalue weighted by Gasteiger charge is -2.22. The molecule has 0 radical (unpaired) electrons. The van der Waals surface area contributed by atoms with E-state index < -0.39 is 0 Å². The van der Waals surface area contributed by atoms with E-state index in [-0.39, 0.29) is 11.4 Å². The maximum absolute atomic E-state index is 14.2. The van der Waals surface area contributed by atoms with Crippen LogP contribution in [0, 0.1) is 17.7 Å². The quantitative estimate of drug-likeness (QED) is 0.688. The highest BCUT2D eigenvalue weighted by Gasteiger charge is 2.38. The topological polar surface area (TPSA) is 41.4 Å². The third-order valence-corrected chi connectivity index (χ3v) is 6.21. The number of aromatic nitrogens is 2. The van der Waals surface area contributed by atoms with Gasteiger partial charge in [0.25, 0.3) is 5.56 Å². The van der Waals surface area contributed by atoms with Gasteiger partial charge in [0, 0.05) is 38.9 Å². The molecule has 2 unspecified atom stereocenters. The van der Waals surface area contributed by atoms with E-state index in [1.54, 1.807) is 25.2 Å². The molecule has 2 fully saturated rings. The minimum Gasteiger partial charge on any atom is -0.371 e. The predicted octanol–water partition coefficient (Wildman–Crippen LogP) is 2.74. The fourth-order valence-corrected chi connectivity index (χ4v) is 4.78. The molecule has 0 bridgehead atoms. The molecule has 3 aromatic rings. The van der Waals surface area contributed by atoms with Gasteiger partial charge in [0.2, 0.25) is 0 Å². The zero-order valence-electron chi connectivity index (χ0n) is 16.1. The van der Waals surface area contributed by atoms with E-state index in [4.69, 9.17) is 0 Å². The van der Waals surface area contributed by atoms with Crippen LogP contribution in [0.5, 0.6) is 0 Å². The van der Waals surface area contributed by atoms with Crippen LogP contribution in [-0.4, -0.2) is 47.7 Å². The number of benzene rings is 2. The first-order valence-corrected chi connectivity index (χ1v) is 9.70. The summed E-state index contributed by atoms with van der Waals surface area (Å²) in [4.78, 5) is 22.4. The van der Waals surface area contributed by atoms with Crippen molar-refractivity contribution < 1.29 is 4.39 Å². The van der Waals surface area contributed by atoms with Crippen LogP contribution in [0.1, 0.15) is 0 Å². The molecule has 144 valence electrons. The standard InChI is InChI=1S/C22H23FN4O/c1-25-10-14-12-27(13-15(14)11-25)16-7-8-20-18(9-16)22(28)26(2)21(24-20)17-5-3-4-6-19(17)23/h3-9,14-15H,10-13H2,1-2H3. The van der Waals surface area contributed by atoms with Crippen LogP contribution in [0.3, 0.4) is 0 Å². The normalized spacial score (nSPS) is 22.2. The maximum atomic E-state index is 14.2. The summed E-state index contributed by atoms with van der Waals surface area (Å²) in [5, 5.41) is 0.578. The van der Waals surface area contributed by atoms with Gasteiger partial charge in [0.05, 0.1) is 16.5 Å². The van der Waals surface area contributed by atoms with E-state index in [9.17, 15) is 9.18 Å². The molecule has 0 saturated carbocycles. The fourth-order valence-electron chi connectivity index (χ4n) is 4.78. The van der Waals surface area contributed by atoms with Crippen LogP contribution in [0.15, 0.2) is 47.3 Å². The van der Waals surface area contributed by atoms with Crippen molar-refractivity contribution in [3.8, 4) is 11.4 Å². The molecular formula is C22H23FN4O. The summed E-state index contributed by atoms with van der Waals surface area (Å²) < 4.78 is 15.7. The van der Waals surface area contributed by atoms with Crippen LogP contribution in [0.25, 0.3) is 22.3 Å². The summed E-state index contributed by atoms with van der Waals surface area (Å²) in [6, 6.07) is 12.3. The first-order chi connectivity index (χ1) is 13.5. The maximum Gasteiger partial charge on any atom is 0.261 e. The highest BCUT2D eigenvalue weighted by Crippen LogP contribution is 2.34. The number of rotatable bonds is 2. The number of fused-ring (bicyclic) bond motifs is 2. The first kappa shape index (κ1) is 17.4. The van der Waals surface area contributed by atoms with Gasteiger partial charge in [-0.25, -0.2) is 9.37 Å². The molecule has 2 aliphatic rings. The molecule has 6 heteroatoms. The highest BCUT2D eigenvalue weighted by molar-refractivity contribution is 5.83. The minimum atomic E-state index is -0.380. The molecular weight excluding hydrogens is 355 g/mol. The van der Waals surface area contributed by atoms with Crippen LogP contribution < -0.4 is 10.5 Å². The average Bonchev–Trinajstić information content (AvgIpc) is 3.22. The molecule has 2 aromatic carbocycles. The van der Waals surface area contributed by atoms with E-state index in [1.165, 1.54) is 10.6 Å². The number of nitrogens with zero attached hydrogens (tertiary/aromatic N) is 4. The Kier molecular flexibility index (Phi) is 3.98. The largest absolute Gasteiger partial charge is 0.371 e. The van der Waals surface area contributed by atoms with Crippen molar-refractivity contribution in [1.82, 2.24) is 14.5 Å². The third-order valence-electron chi connectivity index (χ3n) is 6.21. The van der Waals surface area contributed by atoms with Gasteiger partial charge in [-0.3, -0.25) is 9.36 Å². The van der Waals surface area contributed by atoms with Crippen molar-refractivity contribution >= 4 is 16.6 Å². The third kappa shape index (κ3) is 2.71. The van der Waals surface area contributed by atoms with Crippen molar-refractivity contribution in [3.05, 3.63) is 58.6 Å². The number of hydrogen-bond donors (Lipinski definition) is 0. The molecule has 1 aromatic heterocycles. The molecule has 2 aliphatic heterocycles. The Bertz CT molecular complexity index is 1110. The Morgan fingerprint density at radius 2 is 1.71 bits per heavy atom. The van der Waals surface area contributed by atoms with Gasteiger partial charge in [-0.1, -0.05) is 12.1 Å². The average molecular weight is 378 g/mol. The molecule has 0 N–H and O–H groups in total. The molecule has 28 heavy (non-hydrogen) atoms. The zero-order chi connectivity index (χ0) is 19.4. The molecule has 5 nitrogen and oxygen atoms in total. The number of likely N-dealkylation sites (tertiary alicyclic amines) is 1. The lowest BCUT2D eigenvalue weighted by atomic mass is 10.0. The lowest BCUT2D eigenvalue weighted by Crippen LogP contribution is -2.27. The number of halogens is 1. The lowest BCUT2D eigenvalue weighted by molar-refractivity contribution is 0.387. The second kappa shape index (κ2) is 6.41. The molecule has 0 spiro atoms. The summed E-state index contributed by atoms with van der Waals surface area (Å²) in [6.07, 6.45) is 0. The van der Waals surface area contributed by atoms with Crippen molar-refractivity contribution in [2.75, 3.05) is 38.1 Å². The predicted molar refractivity (Wildman–Crippen MR) is 109 cm³/mol. The summed E-state index contributed by atoms with van der Waals surface area (Å²) in [5.41, 5.74) is 1.86. The van der Waals surface area contributed by atoms with Crippen molar-refractivity contribution in [2.45, 2.75) is 0 Å². The van der Waals surface area contributed by atoms with Crippen LogP contribution in [0.2, 0.25) is 0 Å². The summed E-state index contributed by atoms with van der Waals surface area (Å²) >= 11 is 0. The molecule has 2 atom stereocenters. The smallest absolute Gasteiger partial charge is 0.261 e. The van der Waals surface area contributed by atoms with E-state index in [1.807, 2.05) is 18.2 Å². The SMILES string of the molecule is CN1CC2CN(c3ccc4nc(-c5ccccc5F)n(C)c(=O)c4c3)CC2C1. The monoisotopic (exact) mass is 378 g/mol. The Labute approximate surface area is 163 Å². The van der Waals surface area contributed by atoms with Crippen molar-refractivity contribution in [1.29, 1.82) is 0 Å². The Morgan fingerprint density at radius 3 is 2.43 bits per heavy atom. The van der Waals surface area contributed by atoms with Gasteiger partial charge in [-0.15, -0.1) is 0 Å². The van der Waals surface area contributed by atoms with E-state index in [2.05, 4.69) is 21.8 Å². The first-order valence-electron chi connectivity index (χ1n) is 9.70. The summed E-state index contributed by atoms with van der Waals surface area (Å²) in [7, 11) is 3.83. The van der Waals surface area contributed by atoms with Gasteiger partial charge in [-0.05, 0) is 49.2 Å². The minimum absolute atomic E-state index is 0.149. The van der Waals surface area contributed by atoms with Gasteiger partial charge < -0.3 is 9.80 Å². The summed E-state index contributed by atoms with van der Waals surface area (Å²) in [6.45, 7) is 4.34. The molecule has 0 amide bonds. The van der Waals surface area contributed by atoms with Crippen molar-refractivity contribution in [2.24, 2.45) is 18.9 Å². The van der Waals surface area contributed by atoms with Gasteiger partial charge in [0.15, 0.2) is 0 Å². The number of hydrogen-bond acceptors (Lipinski definition) is 4. The Hall–Kier alpha value is -2.73. The summed E-state index contributed by atoms with van der Waals surface area (Å²) in [5.74, 6) is 1.37. The fraction of sp³-hybridized carbons (Fsp3) is 0.364. The van der Waals surface area contributed by atoms with Gasteiger partial charge in [0.1, 0.15) is 11.6 Å².